The average molecular weight is 342 g/mol. The highest BCUT2D eigenvalue weighted by Crippen LogP contribution is 2.22. The molecule has 2 rings (SSSR count). The van der Waals surface area contributed by atoms with Crippen molar-refractivity contribution in [3.63, 3.8) is 0 Å². The van der Waals surface area contributed by atoms with E-state index in [0.717, 1.165) is 22.4 Å². The first-order chi connectivity index (χ1) is 12.1. The van der Waals surface area contributed by atoms with Crippen LogP contribution in [0.5, 0.6) is 11.5 Å². The topological polar surface area (TPSA) is 69.2 Å². The minimum Gasteiger partial charge on any atom is -0.489 e. The summed E-state index contributed by atoms with van der Waals surface area (Å²) in [6.45, 7) is 4.85. The van der Waals surface area contributed by atoms with Gasteiger partial charge in [-0.05, 0) is 37.1 Å². The molecule has 0 aromatic heterocycles. The predicted molar refractivity (Wildman–Crippen MR) is 96.5 cm³/mol. The molecule has 0 atom stereocenters. The number of carbonyl (C=O) groups is 1. The highest BCUT2D eigenvalue weighted by atomic mass is 16.5. The van der Waals surface area contributed by atoms with E-state index in [2.05, 4.69) is 15.3 Å². The molecule has 132 valence electrons. The van der Waals surface area contributed by atoms with Gasteiger partial charge in [-0.3, -0.25) is 0 Å². The van der Waals surface area contributed by atoms with Crippen LogP contribution in [0.4, 0.5) is 4.79 Å². The van der Waals surface area contributed by atoms with Crippen LogP contribution in [0.15, 0.2) is 47.6 Å². The van der Waals surface area contributed by atoms with E-state index in [4.69, 9.17) is 9.47 Å². The Morgan fingerprint density at radius 3 is 2.44 bits per heavy atom. The summed E-state index contributed by atoms with van der Waals surface area (Å²) in [5, 5.41) is 3.81. The van der Waals surface area contributed by atoms with Crippen molar-refractivity contribution in [2.24, 2.45) is 5.10 Å². The van der Waals surface area contributed by atoms with Gasteiger partial charge in [0.2, 0.25) is 0 Å². The fraction of sp³-hybridized carbons (Fsp3) is 0.263. The van der Waals surface area contributed by atoms with Crippen LogP contribution in [0.2, 0.25) is 0 Å². The zero-order valence-corrected chi connectivity index (χ0v) is 14.6. The summed E-state index contributed by atoms with van der Waals surface area (Å²) < 4.78 is 16.0. The number of nitrogens with zero attached hydrogens (tertiary/aromatic N) is 1. The lowest BCUT2D eigenvalue weighted by Gasteiger charge is -2.13. The van der Waals surface area contributed by atoms with Crippen LogP contribution in [-0.4, -0.2) is 32.6 Å². The lowest BCUT2D eigenvalue weighted by atomic mass is 10.1. The Balaban J connectivity index is 1.90. The van der Waals surface area contributed by atoms with Gasteiger partial charge < -0.3 is 14.2 Å². The van der Waals surface area contributed by atoms with E-state index in [1.54, 1.807) is 0 Å². The van der Waals surface area contributed by atoms with Gasteiger partial charge in [-0.2, -0.15) is 5.10 Å². The molecule has 0 spiro atoms. The molecule has 0 aliphatic heterocycles. The Morgan fingerprint density at radius 1 is 1.04 bits per heavy atom. The molecular formula is C19H22N2O4. The maximum absolute atomic E-state index is 11.0. The van der Waals surface area contributed by atoms with E-state index < -0.39 is 6.09 Å². The lowest BCUT2D eigenvalue weighted by molar-refractivity contribution is 0.171. The zero-order chi connectivity index (χ0) is 18.1. The van der Waals surface area contributed by atoms with Gasteiger partial charge in [0.25, 0.3) is 0 Å². The van der Waals surface area contributed by atoms with Crippen molar-refractivity contribution < 1.29 is 19.0 Å². The van der Waals surface area contributed by atoms with Gasteiger partial charge in [-0.1, -0.05) is 30.3 Å². The van der Waals surface area contributed by atoms with Gasteiger partial charge in [-0.15, -0.1) is 0 Å². The number of rotatable bonds is 7. The number of aryl methyl sites for hydroxylation is 2. The molecule has 2 aromatic rings. The molecule has 0 heterocycles. The SMILES string of the molecule is COC(=O)NN=Cc1ccccc1OCCOc1c(C)cccc1C. The van der Waals surface area contributed by atoms with Gasteiger partial charge in [-0.25, -0.2) is 10.2 Å². The highest BCUT2D eigenvalue weighted by Gasteiger charge is 2.04. The van der Waals surface area contributed by atoms with Crippen molar-refractivity contribution in [2.75, 3.05) is 20.3 Å². The average Bonchev–Trinajstić information content (AvgIpc) is 2.61. The lowest BCUT2D eigenvalue weighted by Crippen LogP contribution is -2.17. The highest BCUT2D eigenvalue weighted by molar-refractivity contribution is 5.84. The quantitative estimate of drug-likeness (QED) is 0.475. The number of amides is 1. The Hall–Kier alpha value is -3.02. The molecule has 25 heavy (non-hydrogen) atoms. The Morgan fingerprint density at radius 2 is 1.72 bits per heavy atom. The molecule has 6 heteroatoms. The molecule has 1 N–H and O–H groups in total. The number of carbonyl (C=O) groups excluding carboxylic acids is 1. The van der Waals surface area contributed by atoms with Gasteiger partial charge in [0.15, 0.2) is 0 Å². The third-order valence-electron chi connectivity index (χ3n) is 3.46. The second-order valence-electron chi connectivity index (χ2n) is 5.32. The summed E-state index contributed by atoms with van der Waals surface area (Å²) in [6, 6.07) is 13.4. The first-order valence-electron chi connectivity index (χ1n) is 7.89. The van der Waals surface area contributed by atoms with Crippen molar-refractivity contribution >= 4 is 12.3 Å². The van der Waals surface area contributed by atoms with E-state index in [9.17, 15) is 4.79 Å². The number of benzene rings is 2. The minimum absolute atomic E-state index is 0.392. The third-order valence-corrected chi connectivity index (χ3v) is 3.46. The Kier molecular flexibility index (Phi) is 6.83. The number of hydrogen-bond donors (Lipinski definition) is 1. The summed E-state index contributed by atoms with van der Waals surface area (Å²) in [5.41, 5.74) is 5.18. The van der Waals surface area contributed by atoms with Crippen molar-refractivity contribution in [2.45, 2.75) is 13.8 Å². The molecular weight excluding hydrogens is 320 g/mol. The first-order valence-corrected chi connectivity index (χ1v) is 7.89. The minimum atomic E-state index is -0.628. The van der Waals surface area contributed by atoms with Gasteiger partial charge in [0.1, 0.15) is 24.7 Å². The molecule has 6 nitrogen and oxygen atoms in total. The van der Waals surface area contributed by atoms with Gasteiger partial charge in [0.05, 0.1) is 13.3 Å². The third kappa shape index (κ3) is 5.53. The normalized spacial score (nSPS) is 10.5. The van der Waals surface area contributed by atoms with Crippen LogP contribution in [0.25, 0.3) is 0 Å². The Bertz CT molecular complexity index is 724. The maximum Gasteiger partial charge on any atom is 0.427 e. The number of hydrazone groups is 1. The monoisotopic (exact) mass is 342 g/mol. The van der Waals surface area contributed by atoms with Crippen molar-refractivity contribution in [1.29, 1.82) is 0 Å². The van der Waals surface area contributed by atoms with Crippen LogP contribution in [0.3, 0.4) is 0 Å². The van der Waals surface area contributed by atoms with E-state index in [-0.39, 0.29) is 0 Å². The summed E-state index contributed by atoms with van der Waals surface area (Å²) in [6.07, 6.45) is 0.871. The second-order valence-corrected chi connectivity index (χ2v) is 5.32. The van der Waals surface area contributed by atoms with E-state index in [1.165, 1.54) is 13.3 Å². The fourth-order valence-corrected chi connectivity index (χ4v) is 2.24. The van der Waals surface area contributed by atoms with E-state index in [0.29, 0.717) is 19.0 Å². The number of ether oxygens (including phenoxy) is 3. The maximum atomic E-state index is 11.0. The molecule has 2 aromatic carbocycles. The number of methoxy groups -OCH3 is 1. The summed E-state index contributed by atoms with van der Waals surface area (Å²) in [7, 11) is 1.28. The molecule has 0 fully saturated rings. The van der Waals surface area contributed by atoms with Gasteiger partial charge >= 0.3 is 6.09 Å². The summed E-state index contributed by atoms with van der Waals surface area (Å²) in [5.74, 6) is 1.55. The molecule has 0 bridgehead atoms. The number of para-hydroxylation sites is 2. The molecule has 0 aliphatic carbocycles. The Labute approximate surface area is 147 Å². The first kappa shape index (κ1) is 18.3. The van der Waals surface area contributed by atoms with Crippen molar-refractivity contribution in [1.82, 2.24) is 5.43 Å². The molecule has 0 radical (unpaired) electrons. The molecule has 1 amide bonds. The molecule has 0 saturated heterocycles. The van der Waals surface area contributed by atoms with Crippen LogP contribution >= 0.6 is 0 Å². The van der Waals surface area contributed by atoms with Crippen LogP contribution in [0, 0.1) is 13.8 Å². The number of nitrogens with one attached hydrogen (secondary N) is 1. The smallest absolute Gasteiger partial charge is 0.427 e. The molecule has 0 aliphatic rings. The van der Waals surface area contributed by atoms with Crippen molar-refractivity contribution in [3.8, 4) is 11.5 Å². The van der Waals surface area contributed by atoms with Gasteiger partial charge in [0, 0.05) is 5.56 Å². The molecule has 0 unspecified atom stereocenters. The zero-order valence-electron chi connectivity index (χ0n) is 14.6. The van der Waals surface area contributed by atoms with E-state index in [1.807, 2.05) is 56.3 Å². The second kappa shape index (κ2) is 9.32. The van der Waals surface area contributed by atoms with Crippen LogP contribution < -0.4 is 14.9 Å². The van der Waals surface area contributed by atoms with E-state index >= 15 is 0 Å². The summed E-state index contributed by atoms with van der Waals surface area (Å²) in [4.78, 5) is 11.0. The largest absolute Gasteiger partial charge is 0.489 e. The fourth-order valence-electron chi connectivity index (χ4n) is 2.24. The standard InChI is InChI=1S/C19H22N2O4/c1-14-7-6-8-15(2)18(14)25-12-11-24-17-10-5-4-9-16(17)13-20-21-19(22)23-3/h4-10,13H,11-12H2,1-3H3,(H,21,22). The van der Waals surface area contributed by atoms with Crippen LogP contribution in [0.1, 0.15) is 16.7 Å². The molecule has 0 saturated carbocycles. The van der Waals surface area contributed by atoms with Crippen molar-refractivity contribution in [3.05, 3.63) is 59.2 Å². The number of hydrogen-bond acceptors (Lipinski definition) is 5. The van der Waals surface area contributed by atoms with Crippen LogP contribution in [-0.2, 0) is 4.74 Å². The predicted octanol–water partition coefficient (Wildman–Crippen LogP) is 3.45. The summed E-state index contributed by atoms with van der Waals surface area (Å²) >= 11 is 0.